The van der Waals surface area contributed by atoms with Crippen molar-refractivity contribution in [3.63, 3.8) is 0 Å². The van der Waals surface area contributed by atoms with E-state index in [1.165, 1.54) is 0 Å². The minimum absolute atomic E-state index is 0.183. The summed E-state index contributed by atoms with van der Waals surface area (Å²) in [4.78, 5) is 18.3. The van der Waals surface area contributed by atoms with Gasteiger partial charge in [0.25, 0.3) is 0 Å². The van der Waals surface area contributed by atoms with Gasteiger partial charge < -0.3 is 15.5 Å². The first kappa shape index (κ1) is 14.4. The fraction of sp³-hybridized carbons (Fsp3) is 0.917. The van der Waals surface area contributed by atoms with Crippen LogP contribution in [-0.2, 0) is 4.79 Å². The monoisotopic (exact) mass is 242 g/mol. The van der Waals surface area contributed by atoms with Crippen LogP contribution in [0.2, 0.25) is 0 Å². The molecule has 1 heterocycles. The summed E-state index contributed by atoms with van der Waals surface area (Å²) < 4.78 is 0. The largest absolute Gasteiger partial charge is 0.342 e. The van der Waals surface area contributed by atoms with E-state index in [4.69, 9.17) is 5.73 Å². The van der Waals surface area contributed by atoms with Crippen molar-refractivity contribution in [2.45, 2.75) is 25.9 Å². The first-order chi connectivity index (χ1) is 7.95. The Morgan fingerprint density at radius 1 is 1.47 bits per heavy atom. The molecular weight excluding hydrogens is 216 g/mol. The minimum Gasteiger partial charge on any atom is -0.342 e. The summed E-state index contributed by atoms with van der Waals surface area (Å²) in [6.07, 6.45) is 0. The Hall–Kier alpha value is -0.650. The Balaban J connectivity index is 2.52. The molecule has 0 aromatic carbocycles. The van der Waals surface area contributed by atoms with E-state index in [1.807, 2.05) is 20.9 Å². The molecule has 0 saturated carbocycles. The van der Waals surface area contributed by atoms with Gasteiger partial charge in [-0.1, -0.05) is 0 Å². The molecule has 1 saturated heterocycles. The molecule has 0 radical (unpaired) electrons. The number of nitrogens with zero attached hydrogens (tertiary/aromatic N) is 3. The van der Waals surface area contributed by atoms with Gasteiger partial charge >= 0.3 is 0 Å². The Labute approximate surface area is 105 Å². The smallest absolute Gasteiger partial charge is 0.236 e. The first-order valence-electron chi connectivity index (χ1n) is 6.34. The molecule has 17 heavy (non-hydrogen) atoms. The number of hydrogen-bond acceptors (Lipinski definition) is 4. The summed E-state index contributed by atoms with van der Waals surface area (Å²) in [6, 6.07) is 0.560. The Kier molecular flexibility index (Phi) is 5.36. The zero-order chi connectivity index (χ0) is 13.0. The van der Waals surface area contributed by atoms with Crippen LogP contribution in [0.4, 0.5) is 0 Å². The molecule has 1 unspecified atom stereocenters. The molecule has 1 amide bonds. The second-order valence-electron chi connectivity index (χ2n) is 5.22. The predicted octanol–water partition coefficient (Wildman–Crippen LogP) is -0.572. The third-order valence-electron chi connectivity index (χ3n) is 3.59. The van der Waals surface area contributed by atoms with Crippen LogP contribution in [0.5, 0.6) is 0 Å². The maximum atomic E-state index is 12.0. The number of amides is 1. The van der Waals surface area contributed by atoms with Crippen molar-refractivity contribution in [3.8, 4) is 0 Å². The number of carbonyl (C=O) groups excluding carboxylic acids is 1. The number of carbonyl (C=O) groups is 1. The SMILES string of the molecule is CC(C)N(C)C(=O)CN1CCN(C)CC1CN. The van der Waals surface area contributed by atoms with Crippen molar-refractivity contribution in [2.75, 3.05) is 46.8 Å². The molecule has 0 bridgehead atoms. The Morgan fingerprint density at radius 2 is 2.12 bits per heavy atom. The highest BCUT2D eigenvalue weighted by molar-refractivity contribution is 5.78. The molecule has 1 aliphatic rings. The van der Waals surface area contributed by atoms with Crippen molar-refractivity contribution in [1.29, 1.82) is 0 Å². The maximum Gasteiger partial charge on any atom is 0.236 e. The van der Waals surface area contributed by atoms with Gasteiger partial charge in [-0.2, -0.15) is 0 Å². The third kappa shape index (κ3) is 3.94. The van der Waals surface area contributed by atoms with E-state index in [0.29, 0.717) is 19.1 Å². The summed E-state index contributed by atoms with van der Waals surface area (Å²) in [5, 5.41) is 0. The van der Waals surface area contributed by atoms with E-state index in [0.717, 1.165) is 19.6 Å². The molecular formula is C12H26N4O. The van der Waals surface area contributed by atoms with Crippen LogP contribution in [0.3, 0.4) is 0 Å². The van der Waals surface area contributed by atoms with Gasteiger partial charge in [0.05, 0.1) is 6.54 Å². The van der Waals surface area contributed by atoms with Crippen molar-refractivity contribution in [3.05, 3.63) is 0 Å². The van der Waals surface area contributed by atoms with Crippen LogP contribution >= 0.6 is 0 Å². The van der Waals surface area contributed by atoms with Crippen molar-refractivity contribution in [2.24, 2.45) is 5.73 Å². The second kappa shape index (κ2) is 6.33. The number of hydrogen-bond donors (Lipinski definition) is 1. The molecule has 0 aromatic heterocycles. The van der Waals surface area contributed by atoms with Gasteiger partial charge in [-0.15, -0.1) is 0 Å². The van der Waals surface area contributed by atoms with E-state index >= 15 is 0 Å². The highest BCUT2D eigenvalue weighted by atomic mass is 16.2. The summed E-state index contributed by atoms with van der Waals surface area (Å²) in [5.41, 5.74) is 5.77. The van der Waals surface area contributed by atoms with Gasteiger partial charge in [-0.25, -0.2) is 0 Å². The fourth-order valence-electron chi connectivity index (χ4n) is 2.05. The van der Waals surface area contributed by atoms with Gasteiger partial charge in [0.15, 0.2) is 0 Å². The summed E-state index contributed by atoms with van der Waals surface area (Å²) in [5.74, 6) is 0.183. The first-order valence-corrected chi connectivity index (χ1v) is 6.34. The lowest BCUT2D eigenvalue weighted by atomic mass is 10.1. The van der Waals surface area contributed by atoms with E-state index < -0.39 is 0 Å². The van der Waals surface area contributed by atoms with Crippen molar-refractivity contribution >= 4 is 5.91 Å². The minimum atomic E-state index is 0.183. The third-order valence-corrected chi connectivity index (χ3v) is 3.59. The Bertz CT molecular complexity index is 257. The average molecular weight is 242 g/mol. The van der Waals surface area contributed by atoms with Gasteiger partial charge in [0.2, 0.25) is 5.91 Å². The van der Waals surface area contributed by atoms with Gasteiger partial charge in [0.1, 0.15) is 0 Å². The zero-order valence-electron chi connectivity index (χ0n) is 11.5. The van der Waals surface area contributed by atoms with Gasteiger partial charge in [-0.05, 0) is 20.9 Å². The molecule has 0 spiro atoms. The average Bonchev–Trinajstić information content (AvgIpc) is 2.30. The molecule has 1 atom stereocenters. The number of nitrogens with two attached hydrogens (primary N) is 1. The van der Waals surface area contributed by atoms with Crippen LogP contribution < -0.4 is 5.73 Å². The summed E-state index contributed by atoms with van der Waals surface area (Å²) >= 11 is 0. The van der Waals surface area contributed by atoms with Crippen LogP contribution in [0, 0.1) is 0 Å². The highest BCUT2D eigenvalue weighted by Gasteiger charge is 2.26. The van der Waals surface area contributed by atoms with E-state index in [1.54, 1.807) is 4.90 Å². The summed E-state index contributed by atoms with van der Waals surface area (Å²) in [6.45, 7) is 8.05. The molecule has 5 nitrogen and oxygen atoms in total. The molecule has 0 aliphatic carbocycles. The van der Waals surface area contributed by atoms with Gasteiger partial charge in [-0.3, -0.25) is 9.69 Å². The lowest BCUT2D eigenvalue weighted by molar-refractivity contribution is -0.133. The molecule has 100 valence electrons. The van der Waals surface area contributed by atoms with Crippen LogP contribution in [0.1, 0.15) is 13.8 Å². The standard InChI is InChI=1S/C12H26N4O/c1-10(2)15(4)12(17)9-16-6-5-14(3)8-11(16)7-13/h10-11H,5-9,13H2,1-4H3. The lowest BCUT2D eigenvalue weighted by Crippen LogP contribution is -2.57. The zero-order valence-corrected chi connectivity index (χ0v) is 11.5. The van der Waals surface area contributed by atoms with Crippen LogP contribution in [-0.4, -0.2) is 79.5 Å². The van der Waals surface area contributed by atoms with Gasteiger partial charge in [0, 0.05) is 45.3 Å². The predicted molar refractivity (Wildman–Crippen MR) is 69.8 cm³/mol. The summed E-state index contributed by atoms with van der Waals surface area (Å²) in [7, 11) is 3.96. The van der Waals surface area contributed by atoms with E-state index in [9.17, 15) is 4.79 Å². The highest BCUT2D eigenvalue weighted by Crippen LogP contribution is 2.08. The van der Waals surface area contributed by atoms with E-state index in [-0.39, 0.29) is 11.9 Å². The molecule has 2 N–H and O–H groups in total. The lowest BCUT2D eigenvalue weighted by Gasteiger charge is -2.39. The number of likely N-dealkylation sites (N-methyl/N-ethyl adjacent to an activating group) is 2. The molecule has 5 heteroatoms. The molecule has 0 aromatic rings. The van der Waals surface area contributed by atoms with E-state index in [2.05, 4.69) is 16.8 Å². The van der Waals surface area contributed by atoms with Crippen molar-refractivity contribution < 1.29 is 4.79 Å². The number of piperazine rings is 1. The fourth-order valence-corrected chi connectivity index (χ4v) is 2.05. The van der Waals surface area contributed by atoms with Crippen molar-refractivity contribution in [1.82, 2.24) is 14.7 Å². The quantitative estimate of drug-likeness (QED) is 0.717. The molecule has 1 aliphatic heterocycles. The topological polar surface area (TPSA) is 52.8 Å². The Morgan fingerprint density at radius 3 is 2.65 bits per heavy atom. The second-order valence-corrected chi connectivity index (χ2v) is 5.22. The molecule has 1 fully saturated rings. The normalized spacial score (nSPS) is 23.1. The maximum absolute atomic E-state index is 12.0. The van der Waals surface area contributed by atoms with Crippen LogP contribution in [0.15, 0.2) is 0 Å². The van der Waals surface area contributed by atoms with Crippen LogP contribution in [0.25, 0.3) is 0 Å². The molecule has 1 rings (SSSR count). The number of rotatable bonds is 4.